The second kappa shape index (κ2) is 46.0. The van der Waals surface area contributed by atoms with Crippen LogP contribution in [0, 0.1) is 0 Å². The fourth-order valence-corrected chi connectivity index (χ4v) is 10.6. The van der Waals surface area contributed by atoms with E-state index in [1.54, 1.807) is 0 Å². The summed E-state index contributed by atoms with van der Waals surface area (Å²) in [7, 11) is 0. The van der Waals surface area contributed by atoms with Gasteiger partial charge in [0, 0.05) is 6.42 Å². The van der Waals surface area contributed by atoms with E-state index in [0.29, 0.717) is 12.8 Å². The van der Waals surface area contributed by atoms with Gasteiger partial charge in [0.25, 0.3) is 0 Å². The van der Waals surface area contributed by atoms with E-state index in [4.69, 9.17) is 18.9 Å². The Kier molecular flexibility index (Phi) is 42.9. The fraction of sp³-hybridized carbons (Fsp3) is 0.983. The summed E-state index contributed by atoms with van der Waals surface area (Å²) in [5.74, 6) is -0.201. The van der Waals surface area contributed by atoms with E-state index in [9.17, 15) is 45.6 Å². The minimum absolute atomic E-state index is 0.201. The summed E-state index contributed by atoms with van der Waals surface area (Å²) in [6.07, 6.45) is 34.1. The van der Waals surface area contributed by atoms with Gasteiger partial charge in [-0.25, -0.2) is 0 Å². The Hall–Kier alpha value is -1.01. The number of aliphatic hydroxyl groups is 8. The van der Waals surface area contributed by atoms with Crippen LogP contribution in [0.25, 0.3) is 0 Å². The lowest BCUT2D eigenvalue weighted by Gasteiger charge is -2.46. The lowest BCUT2D eigenvalue weighted by atomic mass is 9.97. The van der Waals surface area contributed by atoms with Crippen molar-refractivity contribution in [3.8, 4) is 0 Å². The molecule has 73 heavy (non-hydrogen) atoms. The number of nitrogens with one attached hydrogen (secondary N) is 1. The van der Waals surface area contributed by atoms with Gasteiger partial charge < -0.3 is 65.1 Å². The lowest BCUT2D eigenvalue weighted by Crippen LogP contribution is -2.65. The number of aliphatic hydroxyl groups excluding tert-OH is 8. The molecule has 2 fully saturated rings. The summed E-state index contributed by atoms with van der Waals surface area (Å²) in [6, 6.07) is -0.822. The molecular formula is C59H115NO13. The smallest absolute Gasteiger partial charge is 0.220 e. The van der Waals surface area contributed by atoms with Crippen molar-refractivity contribution < 1.29 is 64.6 Å². The highest BCUT2D eigenvalue weighted by molar-refractivity contribution is 5.76. The number of carbonyl (C=O) groups is 1. The van der Waals surface area contributed by atoms with Crippen LogP contribution in [0.5, 0.6) is 0 Å². The van der Waals surface area contributed by atoms with Crippen molar-refractivity contribution in [3.05, 3.63) is 0 Å². The molecule has 2 heterocycles. The summed E-state index contributed by atoms with van der Waals surface area (Å²) in [5.41, 5.74) is 0. The predicted octanol–water partition coefficient (Wildman–Crippen LogP) is 10.5. The molecule has 9 N–H and O–H groups in total. The molecule has 2 saturated heterocycles. The second-order valence-electron chi connectivity index (χ2n) is 22.2. The van der Waals surface area contributed by atoms with Crippen LogP contribution in [0.3, 0.4) is 0 Å². The van der Waals surface area contributed by atoms with Gasteiger partial charge in [-0.15, -0.1) is 0 Å². The van der Waals surface area contributed by atoms with Gasteiger partial charge in [-0.05, 0) is 12.8 Å². The van der Waals surface area contributed by atoms with Gasteiger partial charge in [0.2, 0.25) is 5.91 Å². The van der Waals surface area contributed by atoms with Crippen LogP contribution >= 0.6 is 0 Å². The third-order valence-electron chi connectivity index (χ3n) is 15.6. The van der Waals surface area contributed by atoms with Crippen molar-refractivity contribution in [2.75, 3.05) is 19.8 Å². The molecule has 2 aliphatic heterocycles. The van der Waals surface area contributed by atoms with Crippen LogP contribution in [0.4, 0.5) is 0 Å². The van der Waals surface area contributed by atoms with Crippen LogP contribution in [0.1, 0.15) is 277 Å². The highest BCUT2D eigenvalue weighted by atomic mass is 16.7. The summed E-state index contributed by atoms with van der Waals surface area (Å²) in [5, 5.41) is 87.1. The topological polar surface area (TPSA) is 228 Å². The maximum Gasteiger partial charge on any atom is 0.220 e. The molecule has 0 aromatic heterocycles. The summed E-state index contributed by atoms with van der Waals surface area (Å²) in [6.45, 7) is 2.89. The highest BCUT2D eigenvalue weighted by Crippen LogP contribution is 2.30. The first kappa shape index (κ1) is 68.1. The fourth-order valence-electron chi connectivity index (χ4n) is 10.6. The van der Waals surface area contributed by atoms with E-state index in [1.807, 2.05) is 0 Å². The van der Waals surface area contributed by atoms with E-state index >= 15 is 0 Å². The Bertz CT molecular complexity index is 1230. The molecule has 0 saturated carbocycles. The molecule has 1 amide bonds. The van der Waals surface area contributed by atoms with Gasteiger partial charge in [0.1, 0.15) is 48.8 Å². The first-order valence-electron chi connectivity index (χ1n) is 30.8. The third kappa shape index (κ3) is 31.9. The Morgan fingerprint density at radius 1 is 0.438 bits per heavy atom. The van der Waals surface area contributed by atoms with Gasteiger partial charge in [-0.1, -0.05) is 258 Å². The molecule has 0 aromatic rings. The SMILES string of the molecule is CCCCCCCCCCCCCCCCCCCCCCCCCCCCCC(=O)N[C@@H](CO[C@@H]1O[C@H](CO)[C@@H](O[C@@H]2O[C@H](CO)[C@H](O)C(O)C2O)C(O)C1O)[C@H](O)CCCCCCCCCCCCCC. The van der Waals surface area contributed by atoms with Gasteiger partial charge in [0.15, 0.2) is 12.6 Å². The van der Waals surface area contributed by atoms with Crippen molar-refractivity contribution in [3.63, 3.8) is 0 Å². The first-order valence-corrected chi connectivity index (χ1v) is 30.8. The van der Waals surface area contributed by atoms with Crippen LogP contribution in [-0.2, 0) is 23.7 Å². The number of hydrogen-bond acceptors (Lipinski definition) is 13. The molecule has 14 heteroatoms. The second-order valence-corrected chi connectivity index (χ2v) is 22.2. The molecule has 14 nitrogen and oxygen atoms in total. The molecule has 0 spiro atoms. The molecule has 2 rings (SSSR count). The lowest BCUT2D eigenvalue weighted by molar-refractivity contribution is -0.359. The minimum Gasteiger partial charge on any atom is -0.394 e. The number of ether oxygens (including phenoxy) is 4. The van der Waals surface area contributed by atoms with Crippen molar-refractivity contribution in [2.24, 2.45) is 0 Å². The molecule has 4 unspecified atom stereocenters. The maximum absolute atomic E-state index is 13.3. The summed E-state index contributed by atoms with van der Waals surface area (Å²) in [4.78, 5) is 13.3. The molecule has 0 bridgehead atoms. The third-order valence-corrected chi connectivity index (χ3v) is 15.6. The predicted molar refractivity (Wildman–Crippen MR) is 291 cm³/mol. The average molecular weight is 1050 g/mol. The van der Waals surface area contributed by atoms with Crippen LogP contribution in [0.15, 0.2) is 0 Å². The quantitative estimate of drug-likeness (QED) is 0.0259. The van der Waals surface area contributed by atoms with E-state index in [1.165, 1.54) is 199 Å². The van der Waals surface area contributed by atoms with Crippen molar-refractivity contribution >= 4 is 5.91 Å². The Balaban J connectivity index is 1.66. The standard InChI is InChI=1S/C59H115NO13/c1-3-5-7-9-11-13-15-17-18-19-20-21-22-23-24-25-26-27-28-29-30-31-33-35-37-39-41-43-51(64)60-47(48(63)42-40-38-36-34-32-16-14-12-10-8-6-4-2)46-70-58-56(69)54(67)57(50(45-62)72-58)73-59-55(68)53(66)52(65)49(44-61)71-59/h47-50,52-59,61-63,65-69H,3-46H2,1-2H3,(H,60,64)/t47-,48+,49+,50+,52-,53?,54?,55?,56?,57+,58+,59-/m0/s1. The number of amides is 1. The van der Waals surface area contributed by atoms with E-state index in [2.05, 4.69) is 19.2 Å². The van der Waals surface area contributed by atoms with Gasteiger partial charge in [-0.3, -0.25) is 4.79 Å². The van der Waals surface area contributed by atoms with Crippen LogP contribution in [-0.4, -0.2) is 140 Å². The number of rotatable bonds is 50. The normalized spacial score (nSPS) is 25.3. The summed E-state index contributed by atoms with van der Waals surface area (Å²) < 4.78 is 22.8. The molecule has 0 aromatic carbocycles. The van der Waals surface area contributed by atoms with E-state index in [0.717, 1.165) is 51.4 Å². The van der Waals surface area contributed by atoms with E-state index < -0.39 is 86.8 Å². The molecular weight excluding hydrogens is 931 g/mol. The van der Waals surface area contributed by atoms with Crippen molar-refractivity contribution in [1.82, 2.24) is 5.32 Å². The first-order chi connectivity index (χ1) is 35.6. The van der Waals surface area contributed by atoms with E-state index in [-0.39, 0.29) is 12.5 Å². The van der Waals surface area contributed by atoms with Crippen LogP contribution < -0.4 is 5.32 Å². The van der Waals surface area contributed by atoms with Gasteiger partial charge >= 0.3 is 0 Å². The number of hydrogen-bond donors (Lipinski definition) is 9. The van der Waals surface area contributed by atoms with Crippen LogP contribution in [0.2, 0.25) is 0 Å². The minimum atomic E-state index is -1.78. The highest BCUT2D eigenvalue weighted by Gasteiger charge is 2.51. The Morgan fingerprint density at radius 2 is 0.781 bits per heavy atom. The molecule has 0 radical (unpaired) electrons. The number of carbonyl (C=O) groups excluding carboxylic acids is 1. The molecule has 2 aliphatic rings. The van der Waals surface area contributed by atoms with Crippen molar-refractivity contribution in [1.29, 1.82) is 0 Å². The zero-order chi connectivity index (χ0) is 53.2. The average Bonchev–Trinajstić information content (AvgIpc) is 3.39. The summed E-state index contributed by atoms with van der Waals surface area (Å²) >= 11 is 0. The molecule has 434 valence electrons. The monoisotopic (exact) mass is 1050 g/mol. The molecule has 0 aliphatic carbocycles. The largest absolute Gasteiger partial charge is 0.394 e. The Morgan fingerprint density at radius 3 is 1.16 bits per heavy atom. The van der Waals surface area contributed by atoms with Gasteiger partial charge in [0.05, 0.1) is 32.0 Å². The van der Waals surface area contributed by atoms with Gasteiger partial charge in [-0.2, -0.15) is 0 Å². The number of unbranched alkanes of at least 4 members (excludes halogenated alkanes) is 37. The zero-order valence-electron chi connectivity index (χ0n) is 46.7. The zero-order valence-corrected chi connectivity index (χ0v) is 46.7. The van der Waals surface area contributed by atoms with Crippen molar-refractivity contribution in [2.45, 2.75) is 351 Å². The molecule has 12 atom stereocenters. The Labute approximate surface area is 444 Å². The maximum atomic E-state index is 13.3.